The van der Waals surface area contributed by atoms with Gasteiger partial charge in [0.05, 0.1) is 10.6 Å². The molecule has 2 aromatic rings. The predicted octanol–water partition coefficient (Wildman–Crippen LogP) is 2.12. The van der Waals surface area contributed by atoms with E-state index in [1.165, 1.54) is 23.5 Å². The van der Waals surface area contributed by atoms with Crippen molar-refractivity contribution in [2.45, 2.75) is 18.2 Å². The van der Waals surface area contributed by atoms with E-state index in [4.69, 9.17) is 5.11 Å². The van der Waals surface area contributed by atoms with Crippen LogP contribution in [0.15, 0.2) is 59.5 Å². The summed E-state index contributed by atoms with van der Waals surface area (Å²) in [6.45, 7) is 1.36. The number of aliphatic carboxylic acids is 1. The third-order valence-electron chi connectivity index (χ3n) is 3.98. The highest BCUT2D eigenvalue weighted by molar-refractivity contribution is 7.92. The maximum atomic E-state index is 13.1. The van der Waals surface area contributed by atoms with Crippen LogP contribution >= 0.6 is 0 Å². The summed E-state index contributed by atoms with van der Waals surface area (Å²) in [7, 11) is -2.49. The maximum absolute atomic E-state index is 13.1. The van der Waals surface area contributed by atoms with Gasteiger partial charge >= 0.3 is 5.97 Å². The van der Waals surface area contributed by atoms with Crippen LogP contribution in [-0.2, 0) is 19.6 Å². The molecule has 0 spiro atoms. The van der Waals surface area contributed by atoms with Crippen LogP contribution in [-0.4, -0.2) is 50.4 Å². The molecule has 0 saturated carbocycles. The van der Waals surface area contributed by atoms with Crippen LogP contribution in [0.5, 0.6) is 0 Å². The lowest BCUT2D eigenvalue weighted by Gasteiger charge is -2.25. The molecule has 7 nitrogen and oxygen atoms in total. The second-order valence-electron chi connectivity index (χ2n) is 6.12. The fourth-order valence-corrected chi connectivity index (χ4v) is 3.98. The number of anilines is 1. The third kappa shape index (κ3) is 5.30. The van der Waals surface area contributed by atoms with Crippen molar-refractivity contribution in [3.63, 3.8) is 0 Å². The van der Waals surface area contributed by atoms with Crippen molar-refractivity contribution in [1.29, 1.82) is 0 Å². The van der Waals surface area contributed by atoms with Crippen molar-refractivity contribution in [1.82, 2.24) is 4.90 Å². The Morgan fingerprint density at radius 3 is 2.15 bits per heavy atom. The molecule has 0 aromatic heterocycles. The molecule has 0 heterocycles. The summed E-state index contributed by atoms with van der Waals surface area (Å²) < 4.78 is 27.3. The summed E-state index contributed by atoms with van der Waals surface area (Å²) in [5, 5.41) is 8.79. The van der Waals surface area contributed by atoms with E-state index in [9.17, 15) is 18.0 Å². The van der Waals surface area contributed by atoms with Gasteiger partial charge in [-0.2, -0.15) is 0 Å². The van der Waals surface area contributed by atoms with Crippen molar-refractivity contribution >= 4 is 27.6 Å². The first-order chi connectivity index (χ1) is 12.7. The minimum Gasteiger partial charge on any atom is -0.480 e. The lowest BCUT2D eigenvalue weighted by molar-refractivity contribution is -0.143. The van der Waals surface area contributed by atoms with E-state index in [2.05, 4.69) is 0 Å². The monoisotopic (exact) mass is 390 g/mol. The number of carboxylic acids is 1. The molecule has 0 saturated heterocycles. The fourth-order valence-electron chi connectivity index (χ4n) is 2.50. The van der Waals surface area contributed by atoms with Crippen LogP contribution in [0.2, 0.25) is 0 Å². The van der Waals surface area contributed by atoms with Crippen molar-refractivity contribution in [3.8, 4) is 0 Å². The lowest BCUT2D eigenvalue weighted by atomic mass is 10.2. The Balaban J connectivity index is 2.30. The molecule has 0 aliphatic carbocycles. The summed E-state index contributed by atoms with van der Waals surface area (Å²) >= 11 is 0. The van der Waals surface area contributed by atoms with E-state index < -0.39 is 28.4 Å². The Hall–Kier alpha value is -2.87. The van der Waals surface area contributed by atoms with Crippen molar-refractivity contribution in [3.05, 3.63) is 60.2 Å². The van der Waals surface area contributed by atoms with Crippen LogP contribution in [0.1, 0.15) is 12.0 Å². The largest absolute Gasteiger partial charge is 0.480 e. The van der Waals surface area contributed by atoms with Gasteiger partial charge in [0.1, 0.15) is 6.54 Å². The Morgan fingerprint density at radius 1 is 1.00 bits per heavy atom. The molecular formula is C19H22N2O5S. The number of carbonyl (C=O) groups excluding carboxylic acids is 1. The zero-order valence-electron chi connectivity index (χ0n) is 15.2. The summed E-state index contributed by atoms with van der Waals surface area (Å²) in [4.78, 5) is 24.1. The molecule has 0 radical (unpaired) electrons. The number of aryl methyl sites for hydroxylation is 1. The average Bonchev–Trinajstić information content (AvgIpc) is 2.63. The van der Waals surface area contributed by atoms with E-state index in [0.717, 1.165) is 10.5 Å². The number of carboxylic acid groups (broad SMARTS) is 1. The molecule has 8 heteroatoms. The molecule has 0 bridgehead atoms. The quantitative estimate of drug-likeness (QED) is 0.745. The molecule has 1 N–H and O–H groups in total. The van der Waals surface area contributed by atoms with Crippen LogP contribution in [0.3, 0.4) is 0 Å². The van der Waals surface area contributed by atoms with Crippen LogP contribution in [0.25, 0.3) is 0 Å². The molecule has 144 valence electrons. The highest BCUT2D eigenvalue weighted by Crippen LogP contribution is 2.24. The molecule has 27 heavy (non-hydrogen) atoms. The predicted molar refractivity (Wildman–Crippen MR) is 102 cm³/mol. The van der Waals surface area contributed by atoms with Gasteiger partial charge in [-0.15, -0.1) is 0 Å². The normalized spacial score (nSPS) is 11.0. The average molecular weight is 390 g/mol. The third-order valence-corrected chi connectivity index (χ3v) is 5.82. The molecular weight excluding hydrogens is 368 g/mol. The first-order valence-electron chi connectivity index (χ1n) is 8.32. The van der Waals surface area contributed by atoms with Gasteiger partial charge in [-0.1, -0.05) is 35.9 Å². The molecule has 0 aliphatic rings. The number of hydrogen-bond acceptors (Lipinski definition) is 4. The number of benzene rings is 2. The van der Waals surface area contributed by atoms with E-state index >= 15 is 0 Å². The van der Waals surface area contributed by atoms with E-state index in [0.29, 0.717) is 5.69 Å². The first kappa shape index (κ1) is 20.4. The molecule has 0 aliphatic heterocycles. The molecule has 0 atom stereocenters. The van der Waals surface area contributed by atoms with E-state index in [1.807, 2.05) is 6.92 Å². The second kappa shape index (κ2) is 8.68. The van der Waals surface area contributed by atoms with Gasteiger partial charge in [-0.3, -0.25) is 13.9 Å². The zero-order chi connectivity index (χ0) is 20.0. The number of rotatable bonds is 8. The fraction of sp³-hybridized carbons (Fsp3) is 0.263. The van der Waals surface area contributed by atoms with Crippen LogP contribution in [0.4, 0.5) is 5.69 Å². The second-order valence-corrected chi connectivity index (χ2v) is 7.98. The molecule has 0 fully saturated rings. The van der Waals surface area contributed by atoms with Crippen LogP contribution < -0.4 is 4.31 Å². The van der Waals surface area contributed by atoms with Gasteiger partial charge in [-0.25, -0.2) is 8.42 Å². The maximum Gasteiger partial charge on any atom is 0.323 e. The van der Waals surface area contributed by atoms with Gasteiger partial charge in [0, 0.05) is 20.0 Å². The van der Waals surface area contributed by atoms with Crippen molar-refractivity contribution < 1.29 is 23.1 Å². The van der Waals surface area contributed by atoms with Gasteiger partial charge in [0.25, 0.3) is 10.0 Å². The standard InChI is InChI=1S/C19H22N2O5S/c1-15-8-10-16(11-9-15)21(13-12-18(22)20(2)14-19(23)24)27(25,26)17-6-4-3-5-7-17/h3-11H,12-14H2,1-2H3,(H,23,24). The number of hydrogen-bond donors (Lipinski definition) is 1. The summed E-state index contributed by atoms with van der Waals surface area (Å²) in [5.74, 6) is -1.57. The Labute approximate surface area is 158 Å². The molecule has 0 unspecified atom stereocenters. The number of nitrogens with zero attached hydrogens (tertiary/aromatic N) is 2. The summed E-state index contributed by atoms with van der Waals surface area (Å²) in [5.41, 5.74) is 1.42. The zero-order valence-corrected chi connectivity index (χ0v) is 16.0. The lowest BCUT2D eigenvalue weighted by Crippen LogP contribution is -2.37. The molecule has 1 amide bonds. The highest BCUT2D eigenvalue weighted by Gasteiger charge is 2.26. The topological polar surface area (TPSA) is 95.0 Å². The van der Waals surface area contributed by atoms with Gasteiger partial charge in [-0.05, 0) is 31.2 Å². The molecule has 2 aromatic carbocycles. The number of amides is 1. The summed E-state index contributed by atoms with van der Waals surface area (Å²) in [6, 6.07) is 14.9. The minimum absolute atomic E-state index is 0.0942. The minimum atomic E-state index is -3.87. The van der Waals surface area contributed by atoms with Crippen molar-refractivity contribution in [2.75, 3.05) is 24.4 Å². The number of carbonyl (C=O) groups is 2. The summed E-state index contributed by atoms with van der Waals surface area (Å²) in [6.07, 6.45) is -0.135. The first-order valence-corrected chi connectivity index (χ1v) is 9.76. The van der Waals surface area contributed by atoms with Gasteiger partial charge in [0.2, 0.25) is 5.91 Å². The number of sulfonamides is 1. The molecule has 2 rings (SSSR count). The smallest absolute Gasteiger partial charge is 0.323 e. The SMILES string of the molecule is Cc1ccc(N(CCC(=O)N(C)CC(=O)O)S(=O)(=O)c2ccccc2)cc1. The van der Waals surface area contributed by atoms with E-state index in [1.54, 1.807) is 42.5 Å². The van der Waals surface area contributed by atoms with Gasteiger partial charge in [0.15, 0.2) is 0 Å². The highest BCUT2D eigenvalue weighted by atomic mass is 32.2. The Bertz CT molecular complexity index is 895. The Morgan fingerprint density at radius 2 is 1.59 bits per heavy atom. The van der Waals surface area contributed by atoms with E-state index in [-0.39, 0.29) is 17.9 Å². The Kier molecular flexibility index (Phi) is 6.57. The number of likely N-dealkylation sites (N-methyl/N-ethyl adjacent to an activating group) is 1. The van der Waals surface area contributed by atoms with Crippen LogP contribution in [0, 0.1) is 6.92 Å². The van der Waals surface area contributed by atoms with Gasteiger partial charge < -0.3 is 10.0 Å². The van der Waals surface area contributed by atoms with Crippen molar-refractivity contribution in [2.24, 2.45) is 0 Å².